The summed E-state index contributed by atoms with van der Waals surface area (Å²) in [5.74, 6) is 1.01. The van der Waals surface area contributed by atoms with Crippen LogP contribution in [0.2, 0.25) is 0 Å². The van der Waals surface area contributed by atoms with Crippen LogP contribution >= 0.6 is 0 Å². The Morgan fingerprint density at radius 3 is 1.50 bits per heavy atom. The van der Waals surface area contributed by atoms with Gasteiger partial charge in [0.2, 0.25) is 0 Å². The molecule has 0 saturated heterocycles. The summed E-state index contributed by atoms with van der Waals surface area (Å²) in [6.07, 6.45) is 7.27. The van der Waals surface area contributed by atoms with Gasteiger partial charge in [0.1, 0.15) is 0 Å². The summed E-state index contributed by atoms with van der Waals surface area (Å²) in [6, 6.07) is 73.2. The SMILES string of the molecule is CC1(C)c2ccccc2-c2ccc(N(c3ccccc3)c3cccc4c3C35c6c(cccc6N(c6ccccc6)c6cccc(-c7ccccc7)c6)CC3CCCCC5C4)cc21. The van der Waals surface area contributed by atoms with Crippen molar-refractivity contribution >= 4 is 34.1 Å². The van der Waals surface area contributed by atoms with Crippen molar-refractivity contribution in [1.29, 1.82) is 0 Å². The van der Waals surface area contributed by atoms with Gasteiger partial charge < -0.3 is 9.80 Å². The zero-order valence-corrected chi connectivity index (χ0v) is 35.8. The number of fused-ring (bicyclic) bond motifs is 5. The molecule has 0 bridgehead atoms. The molecule has 2 heteroatoms. The van der Waals surface area contributed by atoms with E-state index in [1.165, 1.54) is 104 Å². The van der Waals surface area contributed by atoms with Gasteiger partial charge in [-0.05, 0) is 154 Å². The minimum atomic E-state index is -0.155. The molecule has 0 N–H and O–H groups in total. The Labute approximate surface area is 367 Å². The summed E-state index contributed by atoms with van der Waals surface area (Å²) in [7, 11) is 0. The maximum absolute atomic E-state index is 2.62. The molecule has 3 atom stereocenters. The van der Waals surface area contributed by atoms with E-state index in [4.69, 9.17) is 0 Å². The summed E-state index contributed by atoms with van der Waals surface area (Å²) < 4.78 is 0. The van der Waals surface area contributed by atoms with Crippen molar-refractivity contribution in [3.05, 3.63) is 228 Å². The zero-order chi connectivity index (χ0) is 41.4. The maximum atomic E-state index is 2.62. The molecule has 8 aromatic rings. The standard InChI is InChI=1S/C60H52N2/c1-59(2)53-32-15-14-31-51(53)52-36-35-50(40-54(52)59)62(48-28-10-5-11-29-48)56-34-18-23-44-38-46-25-13-12-24-45-37-43-22-17-33-55(57(43)60(45,46)58(44)56)61(47-26-8-4-9-27-47)49-30-16-21-42(39-49)41-19-6-3-7-20-41/h3-11,14-23,26-36,39-40,45-46H,12-13,24-25,37-38H2,1-2H3. The molecule has 12 rings (SSSR count). The first-order valence-corrected chi connectivity index (χ1v) is 22.9. The molecule has 0 aliphatic heterocycles. The van der Waals surface area contributed by atoms with Crippen LogP contribution in [0.5, 0.6) is 0 Å². The molecule has 1 saturated carbocycles. The van der Waals surface area contributed by atoms with E-state index in [9.17, 15) is 0 Å². The van der Waals surface area contributed by atoms with Crippen molar-refractivity contribution in [2.24, 2.45) is 11.8 Å². The van der Waals surface area contributed by atoms with Crippen molar-refractivity contribution in [3.63, 3.8) is 0 Å². The van der Waals surface area contributed by atoms with Crippen LogP contribution in [0.1, 0.15) is 72.9 Å². The first-order chi connectivity index (χ1) is 30.5. The number of para-hydroxylation sites is 2. The Balaban J connectivity index is 1.10. The van der Waals surface area contributed by atoms with Gasteiger partial charge in [0.05, 0.1) is 11.4 Å². The molecular formula is C60H52N2. The van der Waals surface area contributed by atoms with E-state index in [0.29, 0.717) is 11.8 Å². The molecule has 0 radical (unpaired) electrons. The van der Waals surface area contributed by atoms with Gasteiger partial charge in [-0.2, -0.15) is 0 Å². The second-order valence-corrected chi connectivity index (χ2v) is 18.7. The van der Waals surface area contributed by atoms with Gasteiger partial charge in [0.15, 0.2) is 0 Å². The van der Waals surface area contributed by atoms with Crippen LogP contribution in [0.15, 0.2) is 194 Å². The highest BCUT2D eigenvalue weighted by Crippen LogP contribution is 2.67. The first-order valence-electron chi connectivity index (χ1n) is 22.9. The summed E-state index contributed by atoms with van der Waals surface area (Å²) >= 11 is 0. The molecule has 8 aromatic carbocycles. The fourth-order valence-electron chi connectivity index (χ4n) is 12.7. The molecule has 4 aliphatic carbocycles. The Morgan fingerprint density at radius 2 is 0.887 bits per heavy atom. The second-order valence-electron chi connectivity index (χ2n) is 18.7. The monoisotopic (exact) mass is 800 g/mol. The molecule has 0 aromatic heterocycles. The van der Waals surface area contributed by atoms with Gasteiger partial charge in [-0.3, -0.25) is 0 Å². The van der Waals surface area contributed by atoms with Crippen LogP contribution in [-0.2, 0) is 23.7 Å². The van der Waals surface area contributed by atoms with Crippen LogP contribution in [0.4, 0.5) is 34.1 Å². The molecule has 3 unspecified atom stereocenters. The third-order valence-corrected chi connectivity index (χ3v) is 15.2. The molecule has 302 valence electrons. The van der Waals surface area contributed by atoms with Gasteiger partial charge >= 0.3 is 0 Å². The number of rotatable bonds is 7. The lowest BCUT2D eigenvalue weighted by Crippen LogP contribution is -2.39. The lowest BCUT2D eigenvalue weighted by Gasteiger charge is -2.43. The van der Waals surface area contributed by atoms with Crippen molar-refractivity contribution in [3.8, 4) is 22.3 Å². The number of benzene rings is 8. The van der Waals surface area contributed by atoms with Gasteiger partial charge in [-0.25, -0.2) is 0 Å². The minimum Gasteiger partial charge on any atom is -0.310 e. The summed E-state index contributed by atoms with van der Waals surface area (Å²) in [5, 5.41) is 0. The minimum absolute atomic E-state index is 0.100. The Hall–Kier alpha value is -6.64. The molecule has 62 heavy (non-hydrogen) atoms. The molecule has 1 fully saturated rings. The number of nitrogens with zero attached hydrogens (tertiary/aromatic N) is 2. The molecule has 0 heterocycles. The molecule has 4 aliphatic rings. The maximum Gasteiger partial charge on any atom is 0.0505 e. The number of hydrogen-bond donors (Lipinski definition) is 0. The highest BCUT2D eigenvalue weighted by atomic mass is 15.2. The van der Waals surface area contributed by atoms with E-state index in [2.05, 4.69) is 218 Å². The van der Waals surface area contributed by atoms with Gasteiger partial charge in [-0.1, -0.05) is 160 Å². The largest absolute Gasteiger partial charge is 0.310 e. The van der Waals surface area contributed by atoms with Gasteiger partial charge in [0, 0.05) is 33.6 Å². The van der Waals surface area contributed by atoms with E-state index in [1.54, 1.807) is 11.1 Å². The summed E-state index contributed by atoms with van der Waals surface area (Å²) in [6.45, 7) is 4.80. The van der Waals surface area contributed by atoms with E-state index in [-0.39, 0.29) is 10.8 Å². The fraction of sp³-hybridized carbons (Fsp3) is 0.200. The molecule has 0 amide bonds. The van der Waals surface area contributed by atoms with E-state index >= 15 is 0 Å². The average Bonchev–Trinajstić information content (AvgIpc) is 3.87. The van der Waals surface area contributed by atoms with E-state index < -0.39 is 0 Å². The fourth-order valence-corrected chi connectivity index (χ4v) is 12.7. The first kappa shape index (κ1) is 37.1. The van der Waals surface area contributed by atoms with Crippen molar-refractivity contribution < 1.29 is 0 Å². The third kappa shape index (κ3) is 5.55. The smallest absolute Gasteiger partial charge is 0.0505 e. The number of anilines is 6. The van der Waals surface area contributed by atoms with Crippen LogP contribution in [0, 0.1) is 11.8 Å². The summed E-state index contributed by atoms with van der Waals surface area (Å²) in [4.78, 5) is 5.20. The third-order valence-electron chi connectivity index (χ3n) is 15.2. The normalized spacial score (nSPS) is 19.9. The van der Waals surface area contributed by atoms with Crippen LogP contribution in [0.3, 0.4) is 0 Å². The quantitative estimate of drug-likeness (QED) is 0.158. The summed E-state index contributed by atoms with van der Waals surface area (Å²) in [5.41, 5.74) is 21.3. The second kappa shape index (κ2) is 14.5. The molecule has 1 spiro atoms. The van der Waals surface area contributed by atoms with E-state index in [1.807, 2.05) is 0 Å². The predicted octanol–water partition coefficient (Wildman–Crippen LogP) is 15.8. The predicted molar refractivity (Wildman–Crippen MR) is 259 cm³/mol. The van der Waals surface area contributed by atoms with E-state index in [0.717, 1.165) is 12.8 Å². The topological polar surface area (TPSA) is 6.48 Å². The Bertz CT molecular complexity index is 2960. The number of hydrogen-bond acceptors (Lipinski definition) is 2. The van der Waals surface area contributed by atoms with Crippen LogP contribution in [0.25, 0.3) is 22.3 Å². The lowest BCUT2D eigenvalue weighted by atomic mass is 9.63. The van der Waals surface area contributed by atoms with Crippen LogP contribution < -0.4 is 9.80 Å². The van der Waals surface area contributed by atoms with Gasteiger partial charge in [-0.15, -0.1) is 0 Å². The average molecular weight is 801 g/mol. The Morgan fingerprint density at radius 1 is 0.403 bits per heavy atom. The van der Waals surface area contributed by atoms with Gasteiger partial charge in [0.25, 0.3) is 0 Å². The highest BCUT2D eigenvalue weighted by Gasteiger charge is 2.59. The Kier molecular flexibility index (Phi) is 8.68. The van der Waals surface area contributed by atoms with Crippen LogP contribution in [-0.4, -0.2) is 0 Å². The molecular weight excluding hydrogens is 749 g/mol. The van der Waals surface area contributed by atoms with Crippen molar-refractivity contribution in [1.82, 2.24) is 0 Å². The lowest BCUT2D eigenvalue weighted by molar-refractivity contribution is 0.258. The van der Waals surface area contributed by atoms with Crippen molar-refractivity contribution in [2.75, 3.05) is 9.80 Å². The van der Waals surface area contributed by atoms with Crippen molar-refractivity contribution in [2.45, 2.75) is 63.2 Å². The highest BCUT2D eigenvalue weighted by molar-refractivity contribution is 5.89. The molecule has 2 nitrogen and oxygen atoms in total. The zero-order valence-electron chi connectivity index (χ0n) is 35.8.